The number of nitrogens with one attached hydrogen (secondary N) is 1. The summed E-state index contributed by atoms with van der Waals surface area (Å²) in [6.07, 6.45) is -2.47. The minimum Gasteiger partial charge on any atom is -0.466 e. The second-order valence-corrected chi connectivity index (χ2v) is 5.51. The molecule has 0 radical (unpaired) electrons. The van der Waals surface area contributed by atoms with Crippen molar-refractivity contribution in [1.29, 1.82) is 0 Å². The number of esters is 1. The van der Waals surface area contributed by atoms with Gasteiger partial charge in [0.1, 0.15) is 0 Å². The highest BCUT2D eigenvalue weighted by atomic mass is 19.4. The number of hydrogen-bond acceptors (Lipinski definition) is 4. The van der Waals surface area contributed by atoms with Gasteiger partial charge in [0.25, 0.3) is 0 Å². The van der Waals surface area contributed by atoms with E-state index in [0.29, 0.717) is 18.7 Å². The molecule has 132 valence electrons. The smallest absolute Gasteiger partial charge is 0.391 e. The largest absolute Gasteiger partial charge is 0.466 e. The van der Waals surface area contributed by atoms with E-state index < -0.39 is 24.0 Å². The summed E-state index contributed by atoms with van der Waals surface area (Å²) >= 11 is 0. The van der Waals surface area contributed by atoms with Crippen molar-refractivity contribution in [2.45, 2.75) is 38.3 Å². The van der Waals surface area contributed by atoms with Gasteiger partial charge in [0.15, 0.2) is 0 Å². The van der Waals surface area contributed by atoms with E-state index in [1.165, 1.54) is 14.2 Å². The molecule has 5 nitrogen and oxygen atoms in total. The van der Waals surface area contributed by atoms with Gasteiger partial charge >= 0.3 is 12.1 Å². The van der Waals surface area contributed by atoms with Crippen LogP contribution >= 0.6 is 0 Å². The SMILES string of the molecule is COCC/C(=C/C(=O)OC)NC(=O)C1CCC(C(F)(F)F)CC1. The van der Waals surface area contributed by atoms with Gasteiger partial charge in [-0.05, 0) is 25.7 Å². The van der Waals surface area contributed by atoms with Crippen LogP contribution in [0.1, 0.15) is 32.1 Å². The van der Waals surface area contributed by atoms with Crippen molar-refractivity contribution >= 4 is 11.9 Å². The van der Waals surface area contributed by atoms with Gasteiger partial charge in [-0.15, -0.1) is 0 Å². The molecule has 1 aliphatic carbocycles. The van der Waals surface area contributed by atoms with Crippen LogP contribution in [-0.2, 0) is 19.1 Å². The number of carbonyl (C=O) groups is 2. The number of hydrogen-bond donors (Lipinski definition) is 1. The van der Waals surface area contributed by atoms with Crippen molar-refractivity contribution in [2.75, 3.05) is 20.8 Å². The molecule has 1 aliphatic rings. The van der Waals surface area contributed by atoms with Gasteiger partial charge in [-0.3, -0.25) is 4.79 Å². The van der Waals surface area contributed by atoms with Crippen LogP contribution in [0.2, 0.25) is 0 Å². The van der Waals surface area contributed by atoms with Crippen molar-refractivity contribution in [3.8, 4) is 0 Å². The second kappa shape index (κ2) is 8.90. The lowest BCUT2D eigenvalue weighted by Gasteiger charge is -2.29. The summed E-state index contributed by atoms with van der Waals surface area (Å²) in [6.45, 7) is 0.296. The Morgan fingerprint density at radius 2 is 1.78 bits per heavy atom. The zero-order valence-electron chi connectivity index (χ0n) is 13.2. The van der Waals surface area contributed by atoms with Gasteiger partial charge in [-0.2, -0.15) is 13.2 Å². The molecule has 23 heavy (non-hydrogen) atoms. The fraction of sp³-hybridized carbons (Fsp3) is 0.733. The normalized spacial score (nSPS) is 22.6. The molecule has 1 fully saturated rings. The Balaban J connectivity index is 2.59. The summed E-state index contributed by atoms with van der Waals surface area (Å²) in [6, 6.07) is 0. The fourth-order valence-corrected chi connectivity index (χ4v) is 2.53. The van der Waals surface area contributed by atoms with Gasteiger partial charge in [0.2, 0.25) is 5.91 Å². The summed E-state index contributed by atoms with van der Waals surface area (Å²) in [4.78, 5) is 23.5. The van der Waals surface area contributed by atoms with Gasteiger partial charge in [0.05, 0.1) is 19.6 Å². The van der Waals surface area contributed by atoms with Crippen molar-refractivity contribution in [1.82, 2.24) is 5.32 Å². The van der Waals surface area contributed by atoms with E-state index in [1.807, 2.05) is 0 Å². The third kappa shape index (κ3) is 6.60. The maximum Gasteiger partial charge on any atom is 0.391 e. The highest BCUT2D eigenvalue weighted by Crippen LogP contribution is 2.39. The summed E-state index contributed by atoms with van der Waals surface area (Å²) in [5.41, 5.74) is 0.335. The molecule has 0 saturated heterocycles. The zero-order chi connectivity index (χ0) is 17.5. The number of carbonyl (C=O) groups excluding carboxylic acids is 2. The molecule has 0 atom stereocenters. The molecule has 1 N–H and O–H groups in total. The molecule has 8 heteroatoms. The Bertz CT molecular complexity index is 440. The van der Waals surface area contributed by atoms with Crippen molar-refractivity contribution < 1.29 is 32.2 Å². The molecule has 0 spiro atoms. The molecule has 1 saturated carbocycles. The first kappa shape index (κ1) is 19.5. The highest BCUT2D eigenvalue weighted by molar-refractivity contribution is 5.85. The lowest BCUT2D eigenvalue weighted by atomic mass is 9.81. The molecule has 0 bridgehead atoms. The third-order valence-corrected chi connectivity index (χ3v) is 3.91. The van der Waals surface area contributed by atoms with Gasteiger partial charge in [-0.1, -0.05) is 0 Å². The standard InChI is InChI=1S/C15H22F3NO4/c1-22-8-7-12(9-13(20)23-2)19-14(21)10-3-5-11(6-4-10)15(16,17)18/h9-11H,3-8H2,1-2H3,(H,19,21)/b12-9-. The molecule has 0 aromatic heterocycles. The van der Waals surface area contributed by atoms with Gasteiger partial charge < -0.3 is 14.8 Å². The fourth-order valence-electron chi connectivity index (χ4n) is 2.53. The van der Waals surface area contributed by atoms with Crippen LogP contribution in [-0.4, -0.2) is 38.9 Å². The zero-order valence-corrected chi connectivity index (χ0v) is 13.2. The lowest BCUT2D eigenvalue weighted by molar-refractivity contribution is -0.184. The molecule has 0 unspecified atom stereocenters. The van der Waals surface area contributed by atoms with Gasteiger partial charge in [0, 0.05) is 31.2 Å². The number of ether oxygens (including phenoxy) is 2. The van der Waals surface area contributed by atoms with E-state index in [4.69, 9.17) is 4.74 Å². The van der Waals surface area contributed by atoms with E-state index in [0.717, 1.165) is 6.08 Å². The Morgan fingerprint density at radius 3 is 2.26 bits per heavy atom. The van der Waals surface area contributed by atoms with Crippen molar-refractivity contribution in [3.63, 3.8) is 0 Å². The number of alkyl halides is 3. The first-order chi connectivity index (χ1) is 10.8. The number of halogens is 3. The highest BCUT2D eigenvalue weighted by Gasteiger charge is 2.42. The lowest BCUT2D eigenvalue weighted by Crippen LogP contribution is -2.36. The Kier molecular flexibility index (Phi) is 7.54. The predicted octanol–water partition coefficient (Wildman–Crippen LogP) is 2.56. The van der Waals surface area contributed by atoms with Crippen LogP contribution in [0.25, 0.3) is 0 Å². The Labute approximate surface area is 133 Å². The average molecular weight is 337 g/mol. The van der Waals surface area contributed by atoms with E-state index in [2.05, 4.69) is 10.1 Å². The van der Waals surface area contributed by atoms with Crippen molar-refractivity contribution in [2.24, 2.45) is 11.8 Å². The first-order valence-corrected chi connectivity index (χ1v) is 7.43. The average Bonchev–Trinajstić information content (AvgIpc) is 2.51. The van der Waals surface area contributed by atoms with Crippen LogP contribution in [0.5, 0.6) is 0 Å². The summed E-state index contributed by atoms with van der Waals surface area (Å²) in [5, 5.41) is 2.60. The van der Waals surface area contributed by atoms with Gasteiger partial charge in [-0.25, -0.2) is 4.79 Å². The third-order valence-electron chi connectivity index (χ3n) is 3.91. The monoisotopic (exact) mass is 337 g/mol. The number of methoxy groups -OCH3 is 2. The topological polar surface area (TPSA) is 64.6 Å². The molecule has 0 aliphatic heterocycles. The molecule has 0 aromatic rings. The second-order valence-electron chi connectivity index (χ2n) is 5.51. The molecular weight excluding hydrogens is 315 g/mol. The van der Waals surface area contributed by atoms with Crippen LogP contribution in [0.3, 0.4) is 0 Å². The maximum atomic E-state index is 12.6. The summed E-state index contributed by atoms with van der Waals surface area (Å²) in [7, 11) is 2.70. The Hall–Kier alpha value is -1.57. The molecule has 1 amide bonds. The molecule has 1 rings (SSSR count). The molecule has 0 heterocycles. The maximum absolute atomic E-state index is 12.6. The predicted molar refractivity (Wildman–Crippen MR) is 76.2 cm³/mol. The van der Waals surface area contributed by atoms with Crippen LogP contribution in [0, 0.1) is 11.8 Å². The van der Waals surface area contributed by atoms with Crippen LogP contribution in [0.15, 0.2) is 11.8 Å². The molecular formula is C15H22F3NO4. The van der Waals surface area contributed by atoms with E-state index >= 15 is 0 Å². The number of amides is 1. The summed E-state index contributed by atoms with van der Waals surface area (Å²) < 4.78 is 47.3. The van der Waals surface area contributed by atoms with E-state index in [9.17, 15) is 22.8 Å². The minimum atomic E-state index is -4.20. The van der Waals surface area contributed by atoms with Crippen LogP contribution < -0.4 is 5.32 Å². The van der Waals surface area contributed by atoms with Crippen molar-refractivity contribution in [3.05, 3.63) is 11.8 Å². The quantitative estimate of drug-likeness (QED) is 0.598. The van der Waals surface area contributed by atoms with Crippen LogP contribution in [0.4, 0.5) is 13.2 Å². The first-order valence-electron chi connectivity index (χ1n) is 7.43. The molecule has 0 aromatic carbocycles. The van der Waals surface area contributed by atoms with E-state index in [1.54, 1.807) is 0 Å². The summed E-state index contributed by atoms with van der Waals surface area (Å²) in [5.74, 6) is -2.78. The minimum absolute atomic E-state index is 0.0459. The number of rotatable bonds is 6. The van der Waals surface area contributed by atoms with E-state index in [-0.39, 0.29) is 31.6 Å². The Morgan fingerprint density at radius 1 is 1.17 bits per heavy atom.